The summed E-state index contributed by atoms with van der Waals surface area (Å²) in [7, 11) is 0. The summed E-state index contributed by atoms with van der Waals surface area (Å²) in [6, 6.07) is 0.266. The molecule has 0 bridgehead atoms. The van der Waals surface area contributed by atoms with Crippen LogP contribution in [0, 0.1) is 12.3 Å². The lowest BCUT2D eigenvalue weighted by Gasteiger charge is -2.39. The van der Waals surface area contributed by atoms with Gasteiger partial charge < -0.3 is 10.1 Å². The van der Waals surface area contributed by atoms with E-state index >= 15 is 0 Å². The van der Waals surface area contributed by atoms with E-state index in [2.05, 4.69) is 32.0 Å². The molecule has 0 fully saturated rings. The van der Waals surface area contributed by atoms with Gasteiger partial charge in [0.2, 0.25) is 0 Å². The first kappa shape index (κ1) is 14.5. The van der Waals surface area contributed by atoms with Crippen LogP contribution in [-0.2, 0) is 4.74 Å². The predicted molar refractivity (Wildman–Crippen MR) is 65.9 cm³/mol. The van der Waals surface area contributed by atoms with Crippen molar-refractivity contribution in [2.24, 2.45) is 0 Å². The van der Waals surface area contributed by atoms with Gasteiger partial charge in [-0.15, -0.1) is 12.3 Å². The van der Waals surface area contributed by atoms with Gasteiger partial charge in [-0.1, -0.05) is 20.8 Å². The lowest BCUT2D eigenvalue weighted by molar-refractivity contribution is -0.0705. The molecule has 0 aromatic rings. The van der Waals surface area contributed by atoms with E-state index in [0.717, 1.165) is 32.4 Å². The minimum atomic E-state index is -0.100. The summed E-state index contributed by atoms with van der Waals surface area (Å²) in [5.41, 5.74) is -0.100. The minimum absolute atomic E-state index is 0.100. The van der Waals surface area contributed by atoms with Crippen molar-refractivity contribution in [2.45, 2.75) is 58.6 Å². The minimum Gasteiger partial charge on any atom is -0.374 e. The maximum Gasteiger partial charge on any atom is 0.0838 e. The van der Waals surface area contributed by atoms with Crippen LogP contribution in [-0.4, -0.2) is 24.8 Å². The quantitative estimate of drug-likeness (QED) is 0.623. The molecule has 0 saturated carbocycles. The molecule has 0 rings (SSSR count). The van der Waals surface area contributed by atoms with Crippen molar-refractivity contribution >= 4 is 0 Å². The number of likely N-dealkylation sites (N-methyl/N-ethyl adjacent to an activating group) is 1. The Hall–Kier alpha value is -0.520. The van der Waals surface area contributed by atoms with Gasteiger partial charge in [-0.3, -0.25) is 0 Å². The Labute approximate surface area is 94.8 Å². The molecular weight excluding hydrogens is 186 g/mol. The van der Waals surface area contributed by atoms with Crippen molar-refractivity contribution in [3.8, 4) is 12.3 Å². The molecule has 0 heterocycles. The monoisotopic (exact) mass is 211 g/mol. The van der Waals surface area contributed by atoms with Crippen LogP contribution in [0.15, 0.2) is 0 Å². The van der Waals surface area contributed by atoms with Crippen LogP contribution in [0.1, 0.15) is 47.0 Å². The Morgan fingerprint density at radius 2 is 1.87 bits per heavy atom. The van der Waals surface area contributed by atoms with Crippen molar-refractivity contribution < 1.29 is 4.74 Å². The maximum absolute atomic E-state index is 5.94. The van der Waals surface area contributed by atoms with Crippen molar-refractivity contribution in [2.75, 3.05) is 13.2 Å². The van der Waals surface area contributed by atoms with Crippen LogP contribution in [0.2, 0.25) is 0 Å². The summed E-state index contributed by atoms with van der Waals surface area (Å²) in [6.07, 6.45) is 8.14. The normalized spacial score (nSPS) is 13.5. The van der Waals surface area contributed by atoms with Crippen LogP contribution in [0.3, 0.4) is 0 Å². The summed E-state index contributed by atoms with van der Waals surface area (Å²) in [6.45, 7) is 10.2. The molecule has 0 aliphatic rings. The molecular formula is C13H25NO. The molecule has 15 heavy (non-hydrogen) atoms. The zero-order valence-corrected chi connectivity index (χ0v) is 10.6. The van der Waals surface area contributed by atoms with Gasteiger partial charge in [0.1, 0.15) is 0 Å². The number of hydrogen-bond acceptors (Lipinski definition) is 2. The molecule has 0 aliphatic carbocycles. The number of rotatable bonds is 8. The van der Waals surface area contributed by atoms with Crippen LogP contribution < -0.4 is 5.32 Å². The van der Waals surface area contributed by atoms with Gasteiger partial charge in [-0.2, -0.15) is 0 Å². The van der Waals surface area contributed by atoms with E-state index in [1.54, 1.807) is 0 Å². The Morgan fingerprint density at radius 1 is 1.27 bits per heavy atom. The highest BCUT2D eigenvalue weighted by atomic mass is 16.5. The van der Waals surface area contributed by atoms with Gasteiger partial charge in [0.25, 0.3) is 0 Å². The standard InChI is InChI=1S/C13H25NO/c1-6-11-12(14-9-4)13(7-2,8-3)15-10-5/h1,12,14H,7-11H2,2-5H3. The third kappa shape index (κ3) is 3.85. The lowest BCUT2D eigenvalue weighted by Crippen LogP contribution is -2.51. The Kier molecular flexibility index (Phi) is 7.46. The molecule has 0 radical (unpaired) electrons. The Morgan fingerprint density at radius 3 is 2.20 bits per heavy atom. The molecule has 0 aromatic carbocycles. The van der Waals surface area contributed by atoms with E-state index in [1.165, 1.54) is 0 Å². The van der Waals surface area contributed by atoms with Crippen molar-refractivity contribution in [3.63, 3.8) is 0 Å². The molecule has 1 unspecified atom stereocenters. The first-order valence-corrected chi connectivity index (χ1v) is 6.01. The van der Waals surface area contributed by atoms with E-state index < -0.39 is 0 Å². The lowest BCUT2D eigenvalue weighted by atomic mass is 9.86. The van der Waals surface area contributed by atoms with Crippen molar-refractivity contribution in [1.29, 1.82) is 0 Å². The zero-order chi connectivity index (χ0) is 11.7. The molecule has 0 aromatic heterocycles. The maximum atomic E-state index is 5.94. The van der Waals surface area contributed by atoms with Gasteiger partial charge >= 0.3 is 0 Å². The topological polar surface area (TPSA) is 21.3 Å². The first-order chi connectivity index (χ1) is 7.20. The second kappa shape index (κ2) is 7.73. The van der Waals surface area contributed by atoms with Crippen molar-refractivity contribution in [1.82, 2.24) is 5.32 Å². The molecule has 2 heteroatoms. The summed E-state index contributed by atoms with van der Waals surface area (Å²) in [4.78, 5) is 0. The Bertz CT molecular complexity index is 191. The van der Waals surface area contributed by atoms with E-state index in [1.807, 2.05) is 6.92 Å². The smallest absolute Gasteiger partial charge is 0.0838 e. The highest BCUT2D eigenvalue weighted by molar-refractivity contribution is 4.99. The molecule has 0 aliphatic heterocycles. The van der Waals surface area contributed by atoms with Crippen LogP contribution >= 0.6 is 0 Å². The zero-order valence-electron chi connectivity index (χ0n) is 10.6. The second-order valence-corrected chi connectivity index (χ2v) is 3.72. The number of terminal acetylenes is 1. The van der Waals surface area contributed by atoms with E-state index in [0.29, 0.717) is 0 Å². The summed E-state index contributed by atoms with van der Waals surface area (Å²) in [5.74, 6) is 2.74. The molecule has 88 valence electrons. The van der Waals surface area contributed by atoms with E-state index in [9.17, 15) is 0 Å². The van der Waals surface area contributed by atoms with E-state index in [4.69, 9.17) is 11.2 Å². The van der Waals surface area contributed by atoms with Crippen molar-refractivity contribution in [3.05, 3.63) is 0 Å². The molecule has 2 nitrogen and oxygen atoms in total. The molecule has 0 amide bonds. The first-order valence-electron chi connectivity index (χ1n) is 6.01. The Balaban J connectivity index is 4.71. The average molecular weight is 211 g/mol. The van der Waals surface area contributed by atoms with Gasteiger partial charge in [-0.25, -0.2) is 0 Å². The predicted octanol–water partition coefficient (Wildman–Crippen LogP) is 2.58. The average Bonchev–Trinajstić information content (AvgIpc) is 2.26. The third-order valence-electron chi connectivity index (χ3n) is 3.04. The number of nitrogens with one attached hydrogen (secondary N) is 1. The van der Waals surface area contributed by atoms with Gasteiger partial charge in [-0.05, 0) is 26.3 Å². The highest BCUT2D eigenvalue weighted by Gasteiger charge is 2.35. The fourth-order valence-corrected chi connectivity index (χ4v) is 2.14. The number of hydrogen-bond donors (Lipinski definition) is 1. The highest BCUT2D eigenvalue weighted by Crippen LogP contribution is 2.26. The van der Waals surface area contributed by atoms with Gasteiger partial charge in [0.05, 0.1) is 5.60 Å². The summed E-state index contributed by atoms with van der Waals surface area (Å²) >= 11 is 0. The molecule has 0 saturated heterocycles. The fourth-order valence-electron chi connectivity index (χ4n) is 2.14. The third-order valence-corrected chi connectivity index (χ3v) is 3.04. The van der Waals surface area contributed by atoms with Crippen LogP contribution in [0.4, 0.5) is 0 Å². The molecule has 0 spiro atoms. The fraction of sp³-hybridized carbons (Fsp3) is 0.846. The summed E-state index contributed by atoms with van der Waals surface area (Å²) in [5, 5.41) is 3.44. The van der Waals surface area contributed by atoms with E-state index in [-0.39, 0.29) is 11.6 Å². The second-order valence-electron chi connectivity index (χ2n) is 3.72. The number of ether oxygens (including phenoxy) is 1. The van der Waals surface area contributed by atoms with Crippen LogP contribution in [0.25, 0.3) is 0 Å². The van der Waals surface area contributed by atoms with Gasteiger partial charge in [0, 0.05) is 19.1 Å². The van der Waals surface area contributed by atoms with Crippen LogP contribution in [0.5, 0.6) is 0 Å². The SMILES string of the molecule is C#CCC(NCC)C(CC)(CC)OCC. The van der Waals surface area contributed by atoms with Gasteiger partial charge in [0.15, 0.2) is 0 Å². The molecule has 1 N–H and O–H groups in total. The largest absolute Gasteiger partial charge is 0.374 e. The molecule has 1 atom stereocenters. The summed E-state index contributed by atoms with van der Waals surface area (Å²) < 4.78 is 5.94.